The molecule has 0 radical (unpaired) electrons. The van der Waals surface area contributed by atoms with Crippen molar-refractivity contribution in [3.8, 4) is 11.3 Å². The van der Waals surface area contributed by atoms with Crippen molar-refractivity contribution in [2.24, 2.45) is 0 Å². The molecule has 3 rings (SSSR count). The smallest absolute Gasteiger partial charge is 0.269 e. The lowest BCUT2D eigenvalue weighted by Crippen LogP contribution is -1.86. The Hall–Kier alpha value is -3.21. The number of non-ortho nitro benzene ring substituents is 1. The molecular formula is C17H12N2O3. The van der Waals surface area contributed by atoms with Crippen LogP contribution < -0.4 is 0 Å². The van der Waals surface area contributed by atoms with E-state index in [2.05, 4.69) is 4.98 Å². The van der Waals surface area contributed by atoms with Crippen molar-refractivity contribution >= 4 is 17.8 Å². The molecule has 22 heavy (non-hydrogen) atoms. The summed E-state index contributed by atoms with van der Waals surface area (Å²) in [4.78, 5) is 14.2. The van der Waals surface area contributed by atoms with Crippen LogP contribution >= 0.6 is 0 Å². The lowest BCUT2D eigenvalue weighted by Gasteiger charge is -1.96. The molecule has 108 valence electrons. The van der Waals surface area contributed by atoms with Gasteiger partial charge in [-0.15, -0.1) is 0 Å². The van der Waals surface area contributed by atoms with Gasteiger partial charge < -0.3 is 4.42 Å². The van der Waals surface area contributed by atoms with Crippen molar-refractivity contribution in [2.75, 3.05) is 0 Å². The van der Waals surface area contributed by atoms with Crippen LogP contribution in [0.4, 0.5) is 5.69 Å². The zero-order valence-electron chi connectivity index (χ0n) is 11.5. The van der Waals surface area contributed by atoms with Crippen LogP contribution in [0.5, 0.6) is 0 Å². The number of aromatic nitrogens is 1. The fourth-order valence-electron chi connectivity index (χ4n) is 2.00. The van der Waals surface area contributed by atoms with Gasteiger partial charge in [0.15, 0.2) is 0 Å². The summed E-state index contributed by atoms with van der Waals surface area (Å²) in [5.41, 5.74) is 1.89. The van der Waals surface area contributed by atoms with E-state index in [1.54, 1.807) is 24.5 Å². The molecule has 5 nitrogen and oxygen atoms in total. The van der Waals surface area contributed by atoms with Crippen molar-refractivity contribution in [3.05, 3.63) is 82.4 Å². The first-order valence-electron chi connectivity index (χ1n) is 6.65. The van der Waals surface area contributed by atoms with Crippen molar-refractivity contribution < 1.29 is 9.34 Å². The van der Waals surface area contributed by atoms with Crippen molar-refractivity contribution in [1.82, 2.24) is 4.98 Å². The topological polar surface area (TPSA) is 69.2 Å². The zero-order valence-corrected chi connectivity index (χ0v) is 11.5. The number of rotatable bonds is 4. The molecule has 5 heteroatoms. The first-order chi connectivity index (χ1) is 10.7. The third kappa shape index (κ3) is 3.09. The van der Waals surface area contributed by atoms with Crippen molar-refractivity contribution in [1.29, 1.82) is 0 Å². The highest BCUT2D eigenvalue weighted by atomic mass is 16.6. The second-order valence-corrected chi connectivity index (χ2v) is 4.62. The molecule has 0 amide bonds. The van der Waals surface area contributed by atoms with E-state index in [0.717, 1.165) is 11.1 Å². The highest BCUT2D eigenvalue weighted by molar-refractivity contribution is 5.69. The van der Waals surface area contributed by atoms with Crippen molar-refractivity contribution in [2.45, 2.75) is 0 Å². The second-order valence-electron chi connectivity index (χ2n) is 4.62. The summed E-state index contributed by atoms with van der Waals surface area (Å²) in [5, 5.41) is 10.6. The van der Waals surface area contributed by atoms with Crippen LogP contribution in [0.2, 0.25) is 0 Å². The summed E-state index contributed by atoms with van der Waals surface area (Å²) >= 11 is 0. The standard InChI is InChI=1S/C17H12N2O3/c20-19(21)15-4-2-14(3-5-15)17-8-7-16(22-17)6-1-13-9-11-18-12-10-13/h1-12H. The number of nitro groups is 1. The van der Waals surface area contributed by atoms with Crippen LogP contribution in [0, 0.1) is 10.1 Å². The Morgan fingerprint density at radius 2 is 1.68 bits per heavy atom. The Kier molecular flexibility index (Phi) is 3.78. The SMILES string of the molecule is O=[N+]([O-])c1ccc(-c2ccc(C=Cc3ccncc3)o2)cc1. The summed E-state index contributed by atoms with van der Waals surface area (Å²) in [7, 11) is 0. The number of furan rings is 1. The number of hydrogen-bond donors (Lipinski definition) is 0. The largest absolute Gasteiger partial charge is 0.457 e. The first kappa shape index (κ1) is 13.8. The normalized spacial score (nSPS) is 10.9. The van der Waals surface area contributed by atoms with Gasteiger partial charge in [-0.3, -0.25) is 15.1 Å². The van der Waals surface area contributed by atoms with Gasteiger partial charge in [0.25, 0.3) is 5.69 Å². The summed E-state index contributed by atoms with van der Waals surface area (Å²) in [6.45, 7) is 0. The summed E-state index contributed by atoms with van der Waals surface area (Å²) in [6, 6.07) is 13.8. The maximum atomic E-state index is 10.6. The Bertz CT molecular complexity index is 805. The van der Waals surface area contributed by atoms with Crippen LogP contribution in [-0.4, -0.2) is 9.91 Å². The molecule has 2 aromatic heterocycles. The van der Waals surface area contributed by atoms with E-state index in [1.807, 2.05) is 36.4 Å². The highest BCUT2D eigenvalue weighted by Gasteiger charge is 2.07. The monoisotopic (exact) mass is 292 g/mol. The third-order valence-electron chi connectivity index (χ3n) is 3.14. The number of benzene rings is 1. The zero-order chi connectivity index (χ0) is 15.4. The van der Waals surface area contributed by atoms with Gasteiger partial charge in [0.2, 0.25) is 0 Å². The maximum absolute atomic E-state index is 10.6. The molecule has 0 aliphatic heterocycles. The maximum Gasteiger partial charge on any atom is 0.269 e. The number of hydrogen-bond acceptors (Lipinski definition) is 4. The molecule has 0 N–H and O–H groups in total. The van der Waals surface area contributed by atoms with E-state index in [4.69, 9.17) is 4.42 Å². The fraction of sp³-hybridized carbons (Fsp3) is 0. The minimum absolute atomic E-state index is 0.0631. The van der Waals surface area contributed by atoms with E-state index in [1.165, 1.54) is 12.1 Å². The lowest BCUT2D eigenvalue weighted by atomic mass is 10.1. The minimum Gasteiger partial charge on any atom is -0.457 e. The van der Waals surface area contributed by atoms with E-state index < -0.39 is 4.92 Å². The average Bonchev–Trinajstić information content (AvgIpc) is 3.03. The molecule has 0 saturated carbocycles. The lowest BCUT2D eigenvalue weighted by molar-refractivity contribution is -0.384. The fourth-order valence-corrected chi connectivity index (χ4v) is 2.00. The molecule has 3 aromatic rings. The van der Waals surface area contributed by atoms with E-state index >= 15 is 0 Å². The van der Waals surface area contributed by atoms with Crippen LogP contribution in [0.3, 0.4) is 0 Å². The van der Waals surface area contributed by atoms with Crippen LogP contribution in [-0.2, 0) is 0 Å². The molecule has 0 atom stereocenters. The summed E-state index contributed by atoms with van der Waals surface area (Å²) in [6.07, 6.45) is 7.25. The number of pyridine rings is 1. The van der Waals surface area contributed by atoms with Crippen LogP contribution in [0.1, 0.15) is 11.3 Å². The van der Waals surface area contributed by atoms with Gasteiger partial charge in [-0.1, -0.05) is 6.08 Å². The molecule has 0 unspecified atom stereocenters. The molecule has 0 saturated heterocycles. The van der Waals surface area contributed by atoms with Gasteiger partial charge in [-0.05, 0) is 48.0 Å². The Morgan fingerprint density at radius 1 is 0.955 bits per heavy atom. The first-order valence-corrected chi connectivity index (χ1v) is 6.65. The Balaban J connectivity index is 1.79. The second kappa shape index (κ2) is 6.05. The molecule has 0 aliphatic rings. The van der Waals surface area contributed by atoms with Gasteiger partial charge in [-0.25, -0.2) is 0 Å². The highest BCUT2D eigenvalue weighted by Crippen LogP contribution is 2.25. The average molecular weight is 292 g/mol. The molecular weight excluding hydrogens is 280 g/mol. The van der Waals surface area contributed by atoms with E-state index in [0.29, 0.717) is 11.5 Å². The van der Waals surface area contributed by atoms with Crippen LogP contribution in [0.15, 0.2) is 65.3 Å². The van der Waals surface area contributed by atoms with Gasteiger partial charge in [0, 0.05) is 30.1 Å². The van der Waals surface area contributed by atoms with E-state index in [-0.39, 0.29) is 5.69 Å². The van der Waals surface area contributed by atoms with Crippen molar-refractivity contribution in [3.63, 3.8) is 0 Å². The Morgan fingerprint density at radius 3 is 2.36 bits per heavy atom. The quantitative estimate of drug-likeness (QED) is 0.527. The molecule has 2 heterocycles. The van der Waals surface area contributed by atoms with Gasteiger partial charge in [-0.2, -0.15) is 0 Å². The minimum atomic E-state index is -0.422. The molecule has 0 fully saturated rings. The van der Waals surface area contributed by atoms with E-state index in [9.17, 15) is 10.1 Å². The third-order valence-corrected chi connectivity index (χ3v) is 3.14. The molecule has 1 aromatic carbocycles. The molecule has 0 aliphatic carbocycles. The summed E-state index contributed by atoms with van der Waals surface area (Å²) in [5.74, 6) is 1.38. The molecule has 0 bridgehead atoms. The van der Waals surface area contributed by atoms with Crippen LogP contribution in [0.25, 0.3) is 23.5 Å². The van der Waals surface area contributed by atoms with Gasteiger partial charge >= 0.3 is 0 Å². The number of nitro benzene ring substituents is 1. The summed E-state index contributed by atoms with van der Waals surface area (Å²) < 4.78 is 5.72. The van der Waals surface area contributed by atoms with Gasteiger partial charge in [0.05, 0.1) is 4.92 Å². The predicted octanol–water partition coefficient (Wildman–Crippen LogP) is 4.42. The van der Waals surface area contributed by atoms with Gasteiger partial charge in [0.1, 0.15) is 11.5 Å². The predicted molar refractivity (Wildman–Crippen MR) is 84.0 cm³/mol. The Labute approximate surface area is 126 Å². The molecule has 0 spiro atoms. The number of nitrogens with zero attached hydrogens (tertiary/aromatic N) is 2.